The first-order chi connectivity index (χ1) is 14.5. The van der Waals surface area contributed by atoms with Gasteiger partial charge in [0, 0.05) is 13.1 Å². The molecule has 7 nitrogen and oxygen atoms in total. The number of aromatic nitrogens is 2. The van der Waals surface area contributed by atoms with Crippen LogP contribution in [0, 0.1) is 0 Å². The molecule has 0 atom stereocenters. The van der Waals surface area contributed by atoms with E-state index < -0.39 is 5.97 Å². The smallest absolute Gasteiger partial charge is 0.360 e. The molecule has 0 aliphatic heterocycles. The normalized spacial score (nSPS) is 10.4. The van der Waals surface area contributed by atoms with E-state index in [1.807, 2.05) is 53.4 Å². The summed E-state index contributed by atoms with van der Waals surface area (Å²) in [7, 11) is 4.55. The Kier molecular flexibility index (Phi) is 7.08. The van der Waals surface area contributed by atoms with Gasteiger partial charge in [-0.05, 0) is 35.4 Å². The van der Waals surface area contributed by atoms with Crippen LogP contribution in [0.2, 0.25) is 5.15 Å². The summed E-state index contributed by atoms with van der Waals surface area (Å²) >= 11 is 6.11. The van der Waals surface area contributed by atoms with E-state index in [2.05, 4.69) is 9.97 Å². The average Bonchev–Trinajstić information content (AvgIpc) is 2.79. The highest BCUT2D eigenvalue weighted by Gasteiger charge is 2.22. The molecule has 3 rings (SSSR count). The quantitative estimate of drug-likeness (QED) is 0.500. The van der Waals surface area contributed by atoms with Crippen molar-refractivity contribution in [1.29, 1.82) is 0 Å². The lowest BCUT2D eigenvalue weighted by Gasteiger charge is -2.25. The van der Waals surface area contributed by atoms with Crippen molar-refractivity contribution in [2.75, 3.05) is 26.2 Å². The predicted molar refractivity (Wildman–Crippen MR) is 114 cm³/mol. The van der Waals surface area contributed by atoms with Crippen LogP contribution in [0.15, 0.2) is 54.7 Å². The first-order valence-electron chi connectivity index (χ1n) is 9.15. The van der Waals surface area contributed by atoms with E-state index in [1.54, 1.807) is 14.2 Å². The molecule has 0 N–H and O–H groups in total. The number of carbonyl (C=O) groups excluding carboxylic acids is 1. The van der Waals surface area contributed by atoms with Crippen LogP contribution in [0.1, 0.15) is 21.6 Å². The van der Waals surface area contributed by atoms with E-state index in [9.17, 15) is 4.79 Å². The van der Waals surface area contributed by atoms with Crippen molar-refractivity contribution in [2.24, 2.45) is 0 Å². The number of carbonyl (C=O) groups is 1. The minimum atomic E-state index is -0.580. The van der Waals surface area contributed by atoms with Gasteiger partial charge in [-0.3, -0.25) is 0 Å². The Labute approximate surface area is 180 Å². The molecule has 1 heterocycles. The van der Waals surface area contributed by atoms with Crippen LogP contribution in [0.3, 0.4) is 0 Å². The van der Waals surface area contributed by atoms with Gasteiger partial charge < -0.3 is 19.1 Å². The Morgan fingerprint density at radius 1 is 0.900 bits per heavy atom. The Morgan fingerprint density at radius 3 is 1.83 bits per heavy atom. The lowest BCUT2D eigenvalue weighted by Crippen LogP contribution is -2.26. The second-order valence-electron chi connectivity index (χ2n) is 6.41. The molecule has 1 aromatic heterocycles. The Hall–Kier alpha value is -3.32. The van der Waals surface area contributed by atoms with Gasteiger partial charge in [-0.1, -0.05) is 35.9 Å². The molecule has 0 spiro atoms. The SMILES string of the molecule is COC(=O)c1ncc(Cl)nc1N(Cc1ccc(OC)cc1)Cc1ccc(OC)cc1. The van der Waals surface area contributed by atoms with E-state index in [4.69, 9.17) is 25.8 Å². The maximum Gasteiger partial charge on any atom is 0.360 e. The molecule has 0 amide bonds. The molecule has 0 bridgehead atoms. The van der Waals surface area contributed by atoms with Gasteiger partial charge in [0.1, 0.15) is 16.7 Å². The van der Waals surface area contributed by atoms with Gasteiger partial charge in [0.05, 0.1) is 27.5 Å². The predicted octanol–water partition coefficient (Wildman–Crippen LogP) is 4.14. The zero-order valence-electron chi connectivity index (χ0n) is 17.0. The number of halogens is 1. The fraction of sp³-hybridized carbons (Fsp3) is 0.227. The fourth-order valence-electron chi connectivity index (χ4n) is 2.93. The summed E-state index contributed by atoms with van der Waals surface area (Å²) in [5.74, 6) is 1.29. The molecule has 8 heteroatoms. The third-order valence-corrected chi connectivity index (χ3v) is 4.65. The molecule has 3 aromatic rings. The molecular formula is C22H22ClN3O4. The van der Waals surface area contributed by atoms with Crippen molar-refractivity contribution >= 4 is 23.4 Å². The monoisotopic (exact) mass is 427 g/mol. The van der Waals surface area contributed by atoms with Crippen LogP contribution < -0.4 is 14.4 Å². The minimum Gasteiger partial charge on any atom is -0.497 e. The van der Waals surface area contributed by atoms with E-state index in [1.165, 1.54) is 13.3 Å². The van der Waals surface area contributed by atoms with Crippen molar-refractivity contribution < 1.29 is 19.0 Å². The van der Waals surface area contributed by atoms with Gasteiger partial charge in [0.2, 0.25) is 0 Å². The summed E-state index contributed by atoms with van der Waals surface area (Å²) in [5, 5.41) is 0.187. The topological polar surface area (TPSA) is 73.8 Å². The van der Waals surface area contributed by atoms with Crippen LogP contribution >= 0.6 is 11.6 Å². The maximum absolute atomic E-state index is 12.3. The highest BCUT2D eigenvalue weighted by molar-refractivity contribution is 6.29. The van der Waals surface area contributed by atoms with Gasteiger partial charge in [-0.2, -0.15) is 0 Å². The van der Waals surface area contributed by atoms with Gasteiger partial charge >= 0.3 is 5.97 Å². The number of nitrogens with zero attached hydrogens (tertiary/aromatic N) is 3. The molecule has 0 aliphatic carbocycles. The molecule has 156 valence electrons. The van der Waals surface area contributed by atoms with Crippen LogP contribution in [0.4, 0.5) is 5.82 Å². The van der Waals surface area contributed by atoms with Gasteiger partial charge in [0.15, 0.2) is 11.5 Å². The second kappa shape index (κ2) is 9.93. The molecule has 0 saturated heterocycles. The zero-order chi connectivity index (χ0) is 21.5. The van der Waals surface area contributed by atoms with Gasteiger partial charge in [-0.25, -0.2) is 14.8 Å². The molecule has 0 unspecified atom stereocenters. The van der Waals surface area contributed by atoms with Gasteiger partial charge in [0.25, 0.3) is 0 Å². The zero-order valence-corrected chi connectivity index (χ0v) is 17.7. The van der Waals surface area contributed by atoms with Crippen molar-refractivity contribution in [3.63, 3.8) is 0 Å². The largest absolute Gasteiger partial charge is 0.497 e. The number of methoxy groups -OCH3 is 3. The average molecular weight is 428 g/mol. The van der Waals surface area contributed by atoms with Crippen molar-refractivity contribution in [3.05, 3.63) is 76.7 Å². The first-order valence-corrected chi connectivity index (χ1v) is 9.53. The highest BCUT2D eigenvalue weighted by Crippen LogP contribution is 2.25. The van der Waals surface area contributed by atoms with Crippen LogP contribution in [-0.2, 0) is 17.8 Å². The molecule has 0 saturated carbocycles. The summed E-state index contributed by atoms with van der Waals surface area (Å²) in [5.41, 5.74) is 2.10. The van der Waals surface area contributed by atoms with E-state index in [0.29, 0.717) is 18.9 Å². The third-order valence-electron chi connectivity index (χ3n) is 4.47. The van der Waals surface area contributed by atoms with Crippen molar-refractivity contribution in [3.8, 4) is 11.5 Å². The lowest BCUT2D eigenvalue weighted by molar-refractivity contribution is 0.0594. The number of rotatable bonds is 8. The standard InChI is InChI=1S/C22H22ClN3O4/c1-28-17-8-4-15(5-9-17)13-26(14-16-6-10-18(29-2)11-7-16)21-20(22(27)30-3)24-12-19(23)25-21/h4-12H,13-14H2,1-3H3. The van der Waals surface area contributed by atoms with Crippen molar-refractivity contribution in [1.82, 2.24) is 9.97 Å². The number of ether oxygens (including phenoxy) is 3. The molecular weight excluding hydrogens is 406 g/mol. The summed E-state index contributed by atoms with van der Waals surface area (Å²) in [6.45, 7) is 0.935. The molecule has 0 fully saturated rings. The van der Waals surface area contributed by atoms with Crippen LogP contribution in [-0.4, -0.2) is 37.3 Å². The first kappa shape index (κ1) is 21.4. The number of hydrogen-bond donors (Lipinski definition) is 0. The lowest BCUT2D eigenvalue weighted by atomic mass is 10.1. The Morgan fingerprint density at radius 2 is 1.40 bits per heavy atom. The van der Waals surface area contributed by atoms with Crippen molar-refractivity contribution in [2.45, 2.75) is 13.1 Å². The number of esters is 1. The number of benzene rings is 2. The third kappa shape index (κ3) is 5.18. The van der Waals surface area contributed by atoms with E-state index >= 15 is 0 Å². The molecule has 0 aliphatic rings. The molecule has 30 heavy (non-hydrogen) atoms. The summed E-state index contributed by atoms with van der Waals surface area (Å²) in [6, 6.07) is 15.3. The summed E-state index contributed by atoms with van der Waals surface area (Å²) in [6.07, 6.45) is 1.33. The Balaban J connectivity index is 1.99. The second-order valence-corrected chi connectivity index (χ2v) is 6.80. The van der Waals surface area contributed by atoms with Gasteiger partial charge in [-0.15, -0.1) is 0 Å². The summed E-state index contributed by atoms with van der Waals surface area (Å²) < 4.78 is 15.3. The highest BCUT2D eigenvalue weighted by atomic mass is 35.5. The van der Waals surface area contributed by atoms with E-state index in [0.717, 1.165) is 22.6 Å². The van der Waals surface area contributed by atoms with Crippen LogP contribution in [0.25, 0.3) is 0 Å². The minimum absolute atomic E-state index is 0.101. The molecule has 2 aromatic carbocycles. The molecule has 0 radical (unpaired) electrons. The van der Waals surface area contributed by atoms with Crippen LogP contribution in [0.5, 0.6) is 11.5 Å². The number of anilines is 1. The summed E-state index contributed by atoms with van der Waals surface area (Å²) in [4.78, 5) is 22.8. The maximum atomic E-state index is 12.3. The Bertz CT molecular complexity index is 945. The van der Waals surface area contributed by atoms with E-state index in [-0.39, 0.29) is 10.8 Å². The number of hydrogen-bond acceptors (Lipinski definition) is 7. The fourth-order valence-corrected chi connectivity index (χ4v) is 3.06.